The fourth-order valence-electron chi connectivity index (χ4n) is 1.94. The second-order valence-electron chi connectivity index (χ2n) is 4.86. The van der Waals surface area contributed by atoms with Gasteiger partial charge in [-0.1, -0.05) is 12.1 Å². The van der Waals surface area contributed by atoms with Crippen LogP contribution in [0.25, 0.3) is 0 Å². The third-order valence-electron chi connectivity index (χ3n) is 3.06. The topological polar surface area (TPSA) is 80.3 Å². The lowest BCUT2D eigenvalue weighted by atomic mass is 10.2. The van der Waals surface area contributed by atoms with Crippen LogP contribution in [-0.2, 0) is 10.0 Å². The Morgan fingerprint density at radius 2 is 2.09 bits per heavy atom. The summed E-state index contributed by atoms with van der Waals surface area (Å²) in [5.74, 6) is 0.519. The summed E-state index contributed by atoms with van der Waals surface area (Å²) in [7, 11) is -2.35. The molecule has 0 spiro atoms. The van der Waals surface area contributed by atoms with Gasteiger partial charge in [-0.2, -0.15) is 0 Å². The molecule has 1 aromatic carbocycles. The van der Waals surface area contributed by atoms with Crippen LogP contribution in [-0.4, -0.2) is 27.1 Å². The molecule has 0 aliphatic heterocycles. The zero-order chi connectivity index (χ0) is 16.9. The van der Waals surface area contributed by atoms with E-state index in [-0.39, 0.29) is 16.5 Å². The number of hydrogen-bond donors (Lipinski definition) is 2. The van der Waals surface area contributed by atoms with E-state index in [0.717, 1.165) is 11.3 Å². The molecule has 0 saturated heterocycles. The number of anilines is 2. The lowest BCUT2D eigenvalue weighted by Gasteiger charge is -2.12. The van der Waals surface area contributed by atoms with Crippen molar-refractivity contribution in [2.75, 3.05) is 23.7 Å². The Kier molecular flexibility index (Phi) is 5.23. The van der Waals surface area contributed by atoms with Gasteiger partial charge in [0, 0.05) is 6.54 Å². The van der Waals surface area contributed by atoms with Crippen LogP contribution < -0.4 is 14.8 Å². The van der Waals surface area contributed by atoms with E-state index >= 15 is 0 Å². The van der Waals surface area contributed by atoms with Gasteiger partial charge in [0.25, 0.3) is 10.0 Å². The summed E-state index contributed by atoms with van der Waals surface area (Å²) in [4.78, 5) is 4.17. The molecule has 0 unspecified atom stereocenters. The fourth-order valence-corrected chi connectivity index (χ4v) is 3.20. The number of nitrogens with one attached hydrogen (secondary N) is 2. The minimum absolute atomic E-state index is 0.0793. The van der Waals surface area contributed by atoms with Gasteiger partial charge in [0.1, 0.15) is 16.5 Å². The molecule has 2 rings (SSSR count). The normalized spacial score (nSPS) is 10.9. The van der Waals surface area contributed by atoms with Crippen molar-refractivity contribution < 1.29 is 13.2 Å². The minimum Gasteiger partial charge on any atom is -0.495 e. The van der Waals surface area contributed by atoms with Gasteiger partial charge in [-0.3, -0.25) is 4.72 Å². The molecule has 0 atom stereocenters. The summed E-state index contributed by atoms with van der Waals surface area (Å²) in [5.41, 5.74) is 1.60. The molecule has 0 amide bonds. The molecule has 0 aliphatic carbocycles. The number of aromatic nitrogens is 1. The number of aryl methyl sites for hydroxylation is 1. The molecule has 0 aliphatic rings. The quantitative estimate of drug-likeness (QED) is 0.762. The van der Waals surface area contributed by atoms with Crippen molar-refractivity contribution in [3.8, 4) is 5.75 Å². The third-order valence-corrected chi connectivity index (χ3v) is 4.44. The Morgan fingerprint density at radius 1 is 1.30 bits per heavy atom. The Hall–Kier alpha value is -2.54. The monoisotopic (exact) mass is 333 g/mol. The maximum absolute atomic E-state index is 12.5. The van der Waals surface area contributed by atoms with Gasteiger partial charge in [-0.25, -0.2) is 13.4 Å². The summed E-state index contributed by atoms with van der Waals surface area (Å²) >= 11 is 0. The predicted molar refractivity (Wildman–Crippen MR) is 91.5 cm³/mol. The van der Waals surface area contributed by atoms with E-state index in [0.29, 0.717) is 6.54 Å². The molecule has 1 heterocycles. The van der Waals surface area contributed by atoms with E-state index in [2.05, 4.69) is 21.6 Å². The first-order valence-corrected chi connectivity index (χ1v) is 8.43. The average molecular weight is 333 g/mol. The van der Waals surface area contributed by atoms with Crippen molar-refractivity contribution in [1.82, 2.24) is 4.98 Å². The number of pyridine rings is 1. The number of sulfonamides is 1. The van der Waals surface area contributed by atoms with Gasteiger partial charge in [0.15, 0.2) is 0 Å². The second kappa shape index (κ2) is 7.15. The maximum Gasteiger partial charge on any atom is 0.266 e. The minimum atomic E-state index is -3.78. The molecule has 23 heavy (non-hydrogen) atoms. The predicted octanol–water partition coefficient (Wildman–Crippen LogP) is 2.80. The number of rotatable bonds is 7. The van der Waals surface area contributed by atoms with E-state index < -0.39 is 10.0 Å². The Labute approximate surface area is 136 Å². The Morgan fingerprint density at radius 3 is 2.70 bits per heavy atom. The van der Waals surface area contributed by atoms with Gasteiger partial charge < -0.3 is 10.1 Å². The van der Waals surface area contributed by atoms with Crippen molar-refractivity contribution in [2.24, 2.45) is 0 Å². The lowest BCUT2D eigenvalue weighted by Crippen LogP contribution is -2.15. The van der Waals surface area contributed by atoms with E-state index in [1.165, 1.54) is 7.11 Å². The fraction of sp³-hybridized carbons (Fsp3) is 0.188. The van der Waals surface area contributed by atoms with E-state index in [9.17, 15) is 8.42 Å². The molecule has 7 heteroatoms. The SMILES string of the molecule is C=CCNc1ccc(NS(=O)(=O)c2cc(C)ccc2OC)nc1. The molecule has 122 valence electrons. The van der Waals surface area contributed by atoms with Gasteiger partial charge >= 0.3 is 0 Å². The summed E-state index contributed by atoms with van der Waals surface area (Å²) in [6, 6.07) is 8.30. The van der Waals surface area contributed by atoms with Crippen LogP contribution in [0.5, 0.6) is 5.75 Å². The zero-order valence-corrected chi connectivity index (χ0v) is 13.9. The van der Waals surface area contributed by atoms with Crippen molar-refractivity contribution in [2.45, 2.75) is 11.8 Å². The molecule has 0 saturated carbocycles. The Balaban J connectivity index is 2.24. The summed E-state index contributed by atoms with van der Waals surface area (Å²) < 4.78 is 32.6. The highest BCUT2D eigenvalue weighted by atomic mass is 32.2. The molecule has 6 nitrogen and oxygen atoms in total. The van der Waals surface area contributed by atoms with Crippen LogP contribution >= 0.6 is 0 Å². The molecule has 1 aromatic heterocycles. The molecule has 2 aromatic rings. The van der Waals surface area contributed by atoms with Gasteiger partial charge in [0.2, 0.25) is 0 Å². The molecule has 0 bridgehead atoms. The average Bonchev–Trinajstić information content (AvgIpc) is 2.54. The van der Waals surface area contributed by atoms with Crippen LogP contribution in [0.2, 0.25) is 0 Å². The van der Waals surface area contributed by atoms with Crippen LogP contribution in [0.15, 0.2) is 54.1 Å². The van der Waals surface area contributed by atoms with Crippen molar-refractivity contribution >= 4 is 21.5 Å². The molecule has 0 fully saturated rings. The zero-order valence-electron chi connectivity index (χ0n) is 13.0. The molecule has 2 N–H and O–H groups in total. The van der Waals surface area contributed by atoms with Crippen molar-refractivity contribution in [3.05, 3.63) is 54.7 Å². The number of benzene rings is 1. The van der Waals surface area contributed by atoms with Gasteiger partial charge in [0.05, 0.1) is 19.0 Å². The molecular formula is C16H19N3O3S. The van der Waals surface area contributed by atoms with Crippen LogP contribution in [0.3, 0.4) is 0 Å². The van der Waals surface area contributed by atoms with Crippen LogP contribution in [0.4, 0.5) is 11.5 Å². The standard InChI is InChI=1S/C16H19N3O3S/c1-4-9-17-13-6-8-16(18-11-13)19-23(20,21)15-10-12(2)5-7-14(15)22-3/h4-8,10-11,17H,1,9H2,2-3H3,(H,18,19). The Bertz CT molecular complexity index is 787. The number of ether oxygens (including phenoxy) is 1. The maximum atomic E-state index is 12.5. The highest BCUT2D eigenvalue weighted by molar-refractivity contribution is 7.92. The number of methoxy groups -OCH3 is 1. The van der Waals surface area contributed by atoms with Crippen molar-refractivity contribution in [1.29, 1.82) is 0 Å². The van der Waals surface area contributed by atoms with Crippen molar-refractivity contribution in [3.63, 3.8) is 0 Å². The molecular weight excluding hydrogens is 314 g/mol. The first-order chi connectivity index (χ1) is 11.0. The van der Waals surface area contributed by atoms with E-state index in [1.807, 2.05) is 6.92 Å². The second-order valence-corrected chi connectivity index (χ2v) is 6.51. The van der Waals surface area contributed by atoms with Crippen LogP contribution in [0, 0.1) is 6.92 Å². The molecule has 0 radical (unpaired) electrons. The highest BCUT2D eigenvalue weighted by Gasteiger charge is 2.20. The van der Waals surface area contributed by atoms with E-state index in [4.69, 9.17) is 4.74 Å². The highest BCUT2D eigenvalue weighted by Crippen LogP contribution is 2.26. The van der Waals surface area contributed by atoms with E-state index in [1.54, 1.807) is 42.6 Å². The summed E-state index contributed by atoms with van der Waals surface area (Å²) in [5, 5.41) is 3.06. The summed E-state index contributed by atoms with van der Waals surface area (Å²) in [6.07, 6.45) is 3.27. The third kappa shape index (κ3) is 4.23. The van der Waals surface area contributed by atoms with Gasteiger partial charge in [-0.05, 0) is 36.8 Å². The summed E-state index contributed by atoms with van der Waals surface area (Å²) in [6.45, 7) is 6.03. The number of hydrogen-bond acceptors (Lipinski definition) is 5. The first-order valence-electron chi connectivity index (χ1n) is 6.94. The van der Waals surface area contributed by atoms with Crippen LogP contribution in [0.1, 0.15) is 5.56 Å². The largest absolute Gasteiger partial charge is 0.495 e. The number of nitrogens with zero attached hydrogens (tertiary/aromatic N) is 1. The van der Waals surface area contributed by atoms with Gasteiger partial charge in [-0.15, -0.1) is 6.58 Å². The lowest BCUT2D eigenvalue weighted by molar-refractivity contribution is 0.402. The smallest absolute Gasteiger partial charge is 0.266 e. The first kappa shape index (κ1) is 16.8.